The third kappa shape index (κ3) is 5.32. The van der Waals surface area contributed by atoms with Crippen molar-refractivity contribution >= 4 is 17.6 Å². The van der Waals surface area contributed by atoms with E-state index in [0.29, 0.717) is 23.7 Å². The number of carbonyl (C=O) groups is 1. The van der Waals surface area contributed by atoms with E-state index >= 15 is 0 Å². The van der Waals surface area contributed by atoms with Crippen LogP contribution in [0, 0.1) is 13.8 Å². The van der Waals surface area contributed by atoms with Crippen molar-refractivity contribution < 1.29 is 9.90 Å². The van der Waals surface area contributed by atoms with Gasteiger partial charge in [-0.3, -0.25) is 0 Å². The first-order chi connectivity index (χ1) is 14.4. The number of hydrogen-bond acceptors (Lipinski definition) is 2. The van der Waals surface area contributed by atoms with Gasteiger partial charge in [0, 0.05) is 41.1 Å². The average Bonchev–Trinajstić information content (AvgIpc) is 2.97. The summed E-state index contributed by atoms with van der Waals surface area (Å²) in [7, 11) is 0. The van der Waals surface area contributed by atoms with Crippen LogP contribution >= 0.6 is 11.6 Å². The third-order valence-corrected chi connectivity index (χ3v) is 5.97. The SMILES string of the molecule is Cc1c(CNC(C)CCc2ccccc2)c(C(=O)O)c(C)n1Cc1ccc(Cl)cc1. The van der Waals surface area contributed by atoms with Crippen LogP contribution in [0.4, 0.5) is 0 Å². The predicted molar refractivity (Wildman–Crippen MR) is 122 cm³/mol. The number of hydrogen-bond donors (Lipinski definition) is 2. The van der Waals surface area contributed by atoms with E-state index in [1.807, 2.05) is 44.2 Å². The first kappa shape index (κ1) is 22.1. The van der Waals surface area contributed by atoms with Crippen LogP contribution in [0.2, 0.25) is 5.02 Å². The fourth-order valence-corrected chi connectivity index (χ4v) is 3.99. The molecule has 158 valence electrons. The molecular weight excluding hydrogens is 396 g/mol. The molecular formula is C25H29ClN2O2. The molecule has 5 heteroatoms. The standard InChI is InChI=1S/C25H29ClN2O2/c1-17(9-10-20-7-5-4-6-8-20)27-15-23-18(2)28(19(3)24(23)25(29)30)16-21-11-13-22(26)14-12-21/h4-8,11-14,17,27H,9-10,15-16H2,1-3H3,(H,29,30). The Morgan fingerprint density at radius 2 is 1.70 bits per heavy atom. The van der Waals surface area contributed by atoms with Gasteiger partial charge in [-0.1, -0.05) is 54.1 Å². The Morgan fingerprint density at radius 1 is 1.03 bits per heavy atom. The van der Waals surface area contributed by atoms with Gasteiger partial charge >= 0.3 is 5.97 Å². The summed E-state index contributed by atoms with van der Waals surface area (Å²) in [5, 5.41) is 14.1. The molecule has 1 atom stereocenters. The molecule has 4 nitrogen and oxygen atoms in total. The number of rotatable bonds is 9. The zero-order chi connectivity index (χ0) is 21.7. The number of aromatic carboxylic acids is 1. The summed E-state index contributed by atoms with van der Waals surface area (Å²) < 4.78 is 2.08. The predicted octanol–water partition coefficient (Wildman–Crippen LogP) is 5.62. The number of aryl methyl sites for hydroxylation is 1. The number of benzene rings is 2. The lowest BCUT2D eigenvalue weighted by Gasteiger charge is -2.15. The topological polar surface area (TPSA) is 54.3 Å². The highest BCUT2D eigenvalue weighted by atomic mass is 35.5. The van der Waals surface area contributed by atoms with Gasteiger partial charge in [0.1, 0.15) is 0 Å². The Bertz CT molecular complexity index is 994. The van der Waals surface area contributed by atoms with Crippen LogP contribution in [0.5, 0.6) is 0 Å². The average molecular weight is 425 g/mol. The maximum absolute atomic E-state index is 12.0. The van der Waals surface area contributed by atoms with Crippen molar-refractivity contribution in [3.8, 4) is 0 Å². The minimum atomic E-state index is -0.876. The number of aromatic nitrogens is 1. The molecule has 3 aromatic rings. The molecule has 1 aromatic heterocycles. The molecule has 30 heavy (non-hydrogen) atoms. The minimum Gasteiger partial charge on any atom is -0.478 e. The van der Waals surface area contributed by atoms with E-state index in [-0.39, 0.29) is 6.04 Å². The van der Waals surface area contributed by atoms with Crippen LogP contribution in [0.1, 0.15) is 51.8 Å². The lowest BCUT2D eigenvalue weighted by atomic mass is 10.1. The normalized spacial score (nSPS) is 12.1. The molecule has 2 N–H and O–H groups in total. The van der Waals surface area contributed by atoms with Crippen molar-refractivity contribution in [1.29, 1.82) is 0 Å². The zero-order valence-electron chi connectivity index (χ0n) is 17.8. The summed E-state index contributed by atoms with van der Waals surface area (Å²) in [6.07, 6.45) is 1.99. The van der Waals surface area contributed by atoms with Crippen molar-refractivity contribution in [3.63, 3.8) is 0 Å². The lowest BCUT2D eigenvalue weighted by molar-refractivity contribution is 0.0694. The van der Waals surface area contributed by atoms with Gasteiger partial charge in [-0.15, -0.1) is 0 Å². The van der Waals surface area contributed by atoms with Gasteiger partial charge in [0.05, 0.1) is 5.56 Å². The van der Waals surface area contributed by atoms with Crippen LogP contribution in [0.15, 0.2) is 54.6 Å². The second-order valence-corrected chi connectivity index (χ2v) is 8.28. The maximum Gasteiger partial charge on any atom is 0.337 e. The third-order valence-electron chi connectivity index (χ3n) is 5.71. The second-order valence-electron chi connectivity index (χ2n) is 7.85. The number of nitrogens with zero attached hydrogens (tertiary/aromatic N) is 1. The Hall–Kier alpha value is -2.56. The van der Waals surface area contributed by atoms with Crippen molar-refractivity contribution in [2.75, 3.05) is 0 Å². The zero-order valence-corrected chi connectivity index (χ0v) is 18.5. The van der Waals surface area contributed by atoms with E-state index in [1.54, 1.807) is 0 Å². The molecule has 0 spiro atoms. The summed E-state index contributed by atoms with van der Waals surface area (Å²) in [6, 6.07) is 18.4. The fourth-order valence-electron chi connectivity index (χ4n) is 3.86. The highest BCUT2D eigenvalue weighted by Gasteiger charge is 2.22. The van der Waals surface area contributed by atoms with E-state index in [9.17, 15) is 9.90 Å². The summed E-state index contributed by atoms with van der Waals surface area (Å²) in [5.74, 6) is -0.876. The highest BCUT2D eigenvalue weighted by Crippen LogP contribution is 2.24. The van der Waals surface area contributed by atoms with Crippen molar-refractivity contribution in [2.24, 2.45) is 0 Å². The molecule has 0 aliphatic heterocycles. The molecule has 1 unspecified atom stereocenters. The number of carboxylic acid groups (broad SMARTS) is 1. The quantitative estimate of drug-likeness (QED) is 0.469. The van der Waals surface area contributed by atoms with E-state index in [0.717, 1.165) is 35.4 Å². The Balaban J connectivity index is 1.73. The monoisotopic (exact) mass is 424 g/mol. The number of carboxylic acids is 1. The molecule has 0 aliphatic carbocycles. The van der Waals surface area contributed by atoms with Gasteiger partial charge in [0.25, 0.3) is 0 Å². The van der Waals surface area contributed by atoms with Gasteiger partial charge in [-0.2, -0.15) is 0 Å². The molecule has 0 radical (unpaired) electrons. The molecule has 2 aromatic carbocycles. The van der Waals surface area contributed by atoms with E-state index < -0.39 is 5.97 Å². The molecule has 3 rings (SSSR count). The van der Waals surface area contributed by atoms with Crippen LogP contribution in [-0.4, -0.2) is 21.7 Å². The fraction of sp³-hybridized carbons (Fsp3) is 0.320. The molecule has 0 aliphatic rings. The minimum absolute atomic E-state index is 0.283. The second kappa shape index (κ2) is 9.96. The van der Waals surface area contributed by atoms with Gasteiger partial charge in [0.15, 0.2) is 0 Å². The van der Waals surface area contributed by atoms with Crippen LogP contribution in [-0.2, 0) is 19.5 Å². The first-order valence-electron chi connectivity index (χ1n) is 10.3. The summed E-state index contributed by atoms with van der Waals surface area (Å²) in [6.45, 7) is 7.20. The molecule has 0 saturated heterocycles. The summed E-state index contributed by atoms with van der Waals surface area (Å²) >= 11 is 5.99. The van der Waals surface area contributed by atoms with Crippen LogP contribution < -0.4 is 5.32 Å². The van der Waals surface area contributed by atoms with Crippen molar-refractivity contribution in [1.82, 2.24) is 9.88 Å². The van der Waals surface area contributed by atoms with Crippen LogP contribution in [0.3, 0.4) is 0 Å². The van der Waals surface area contributed by atoms with Crippen molar-refractivity contribution in [2.45, 2.75) is 52.7 Å². The lowest BCUT2D eigenvalue weighted by Crippen LogP contribution is -2.27. The van der Waals surface area contributed by atoms with E-state index in [4.69, 9.17) is 11.6 Å². The molecule has 0 fully saturated rings. The molecule has 0 amide bonds. The maximum atomic E-state index is 12.0. The molecule has 0 saturated carbocycles. The van der Waals surface area contributed by atoms with Gasteiger partial charge in [-0.25, -0.2) is 4.79 Å². The van der Waals surface area contributed by atoms with Gasteiger partial charge in [0.2, 0.25) is 0 Å². The first-order valence-corrected chi connectivity index (χ1v) is 10.7. The van der Waals surface area contributed by atoms with Gasteiger partial charge in [-0.05, 0) is 56.9 Å². The number of halogens is 1. The van der Waals surface area contributed by atoms with Crippen molar-refractivity contribution in [3.05, 3.63) is 93.3 Å². The molecule has 1 heterocycles. The Morgan fingerprint density at radius 3 is 2.33 bits per heavy atom. The molecule has 0 bridgehead atoms. The van der Waals surface area contributed by atoms with Gasteiger partial charge < -0.3 is 15.0 Å². The largest absolute Gasteiger partial charge is 0.478 e. The van der Waals surface area contributed by atoms with Crippen LogP contribution in [0.25, 0.3) is 0 Å². The summed E-state index contributed by atoms with van der Waals surface area (Å²) in [5.41, 5.74) is 5.45. The number of nitrogens with one attached hydrogen (secondary N) is 1. The van der Waals surface area contributed by atoms with E-state index in [1.165, 1.54) is 5.56 Å². The smallest absolute Gasteiger partial charge is 0.337 e. The summed E-state index contributed by atoms with van der Waals surface area (Å²) in [4.78, 5) is 12.0. The highest BCUT2D eigenvalue weighted by molar-refractivity contribution is 6.30. The Labute approximate surface area is 183 Å². The van der Waals surface area contributed by atoms with E-state index in [2.05, 4.69) is 41.1 Å². The Kier molecular flexibility index (Phi) is 7.35.